The maximum Gasteiger partial charge on any atom is 0.170 e. The maximum atomic E-state index is 14.3. The molecule has 0 spiro atoms. The van der Waals surface area contributed by atoms with Gasteiger partial charge in [-0.15, -0.1) is 0 Å². The average Bonchev–Trinajstić information content (AvgIpc) is 2.53. The van der Waals surface area contributed by atoms with Gasteiger partial charge in [0.25, 0.3) is 0 Å². The van der Waals surface area contributed by atoms with Crippen LogP contribution in [-0.2, 0) is 5.54 Å². The molecule has 1 aliphatic carbocycles. The van der Waals surface area contributed by atoms with Gasteiger partial charge in [0.2, 0.25) is 0 Å². The summed E-state index contributed by atoms with van der Waals surface area (Å²) >= 11 is 0. The second-order valence-corrected chi connectivity index (χ2v) is 5.51. The summed E-state index contributed by atoms with van der Waals surface area (Å²) in [5, 5.41) is 0. The molecule has 0 saturated heterocycles. The van der Waals surface area contributed by atoms with Crippen LogP contribution in [0.25, 0.3) is 0 Å². The second-order valence-electron chi connectivity index (χ2n) is 5.51. The van der Waals surface area contributed by atoms with Crippen molar-refractivity contribution >= 4 is 0 Å². The van der Waals surface area contributed by atoms with Crippen molar-refractivity contribution in [2.45, 2.75) is 44.6 Å². The van der Waals surface area contributed by atoms with Crippen LogP contribution in [-0.4, -0.2) is 7.11 Å². The van der Waals surface area contributed by atoms with Crippen LogP contribution in [0.5, 0.6) is 5.75 Å². The van der Waals surface area contributed by atoms with E-state index in [1.54, 1.807) is 12.1 Å². The predicted molar refractivity (Wildman–Crippen MR) is 71.1 cm³/mol. The molecule has 1 saturated carbocycles. The number of nitrogens with two attached hydrogens (primary N) is 1. The lowest BCUT2D eigenvalue weighted by atomic mass is 9.83. The molecule has 18 heavy (non-hydrogen) atoms. The summed E-state index contributed by atoms with van der Waals surface area (Å²) in [7, 11) is 1.49. The molecule has 2 unspecified atom stereocenters. The average molecular weight is 251 g/mol. The van der Waals surface area contributed by atoms with Gasteiger partial charge in [-0.3, -0.25) is 0 Å². The number of rotatable bonds is 2. The van der Waals surface area contributed by atoms with Crippen LogP contribution in [0.4, 0.5) is 4.39 Å². The minimum atomic E-state index is -0.538. The summed E-state index contributed by atoms with van der Waals surface area (Å²) in [6, 6.07) is 5.26. The highest BCUT2D eigenvalue weighted by atomic mass is 19.1. The van der Waals surface area contributed by atoms with Gasteiger partial charge in [-0.2, -0.15) is 0 Å². The minimum Gasteiger partial charge on any atom is -0.494 e. The Balaban J connectivity index is 2.34. The predicted octanol–water partition coefficient (Wildman–Crippen LogP) is 3.59. The normalized spacial score (nSPS) is 28.8. The van der Waals surface area contributed by atoms with E-state index < -0.39 is 5.54 Å². The number of hydrogen-bond donors (Lipinski definition) is 1. The van der Waals surface area contributed by atoms with Crippen LogP contribution in [0.3, 0.4) is 0 Å². The highest BCUT2D eigenvalue weighted by Gasteiger charge is 2.33. The fourth-order valence-corrected chi connectivity index (χ4v) is 2.86. The van der Waals surface area contributed by atoms with Gasteiger partial charge in [0.15, 0.2) is 11.6 Å². The van der Waals surface area contributed by atoms with Crippen LogP contribution >= 0.6 is 0 Å². The van der Waals surface area contributed by atoms with Gasteiger partial charge >= 0.3 is 0 Å². The number of halogens is 1. The van der Waals surface area contributed by atoms with Crippen LogP contribution in [0, 0.1) is 11.7 Å². The summed E-state index contributed by atoms with van der Waals surface area (Å²) in [5.74, 6) is 0.677. The zero-order chi connectivity index (χ0) is 13.2. The highest BCUT2D eigenvalue weighted by molar-refractivity contribution is 5.35. The topological polar surface area (TPSA) is 35.2 Å². The van der Waals surface area contributed by atoms with Gasteiger partial charge in [-0.05, 0) is 31.2 Å². The SMILES string of the molecule is COc1cccc(C2(N)CCCC(C)CC2)c1F. The highest BCUT2D eigenvalue weighted by Crippen LogP contribution is 2.38. The number of methoxy groups -OCH3 is 1. The van der Waals surface area contributed by atoms with E-state index in [1.165, 1.54) is 13.5 Å². The summed E-state index contributed by atoms with van der Waals surface area (Å²) in [6.07, 6.45) is 5.01. The van der Waals surface area contributed by atoms with E-state index in [1.807, 2.05) is 6.07 Å². The molecule has 100 valence electrons. The number of ether oxygens (including phenoxy) is 1. The number of benzene rings is 1. The Kier molecular flexibility index (Phi) is 3.91. The molecular formula is C15H22FNO. The van der Waals surface area contributed by atoms with E-state index in [-0.39, 0.29) is 11.6 Å². The first-order chi connectivity index (χ1) is 8.57. The lowest BCUT2D eigenvalue weighted by Crippen LogP contribution is -2.37. The molecule has 2 nitrogen and oxygen atoms in total. The van der Waals surface area contributed by atoms with Crippen molar-refractivity contribution in [1.82, 2.24) is 0 Å². The van der Waals surface area contributed by atoms with Crippen molar-refractivity contribution in [3.05, 3.63) is 29.6 Å². The summed E-state index contributed by atoms with van der Waals surface area (Å²) in [4.78, 5) is 0. The second kappa shape index (κ2) is 5.27. The van der Waals surface area contributed by atoms with Gasteiger partial charge in [0.1, 0.15) is 0 Å². The third-order valence-corrected chi connectivity index (χ3v) is 4.12. The molecule has 2 N–H and O–H groups in total. The van der Waals surface area contributed by atoms with Crippen LogP contribution in [0.1, 0.15) is 44.6 Å². The maximum absolute atomic E-state index is 14.3. The molecule has 0 amide bonds. The first-order valence-electron chi connectivity index (χ1n) is 6.69. The lowest BCUT2D eigenvalue weighted by Gasteiger charge is -2.29. The fraction of sp³-hybridized carbons (Fsp3) is 0.600. The van der Waals surface area contributed by atoms with Crippen LogP contribution < -0.4 is 10.5 Å². The Morgan fingerprint density at radius 2 is 2.11 bits per heavy atom. The van der Waals surface area contributed by atoms with Crippen molar-refractivity contribution < 1.29 is 9.13 Å². The summed E-state index contributed by atoms with van der Waals surface area (Å²) < 4.78 is 19.4. The third-order valence-electron chi connectivity index (χ3n) is 4.12. The Labute approximate surface area is 108 Å². The minimum absolute atomic E-state index is 0.287. The Hall–Kier alpha value is -1.09. The van der Waals surface area contributed by atoms with Gasteiger partial charge in [0.05, 0.1) is 7.11 Å². The molecule has 0 heterocycles. The summed E-state index contributed by atoms with van der Waals surface area (Å²) in [6.45, 7) is 2.24. The van der Waals surface area contributed by atoms with E-state index in [0.717, 1.165) is 25.7 Å². The van der Waals surface area contributed by atoms with Crippen molar-refractivity contribution in [2.75, 3.05) is 7.11 Å². The third kappa shape index (κ3) is 2.51. The summed E-state index contributed by atoms with van der Waals surface area (Å²) in [5.41, 5.74) is 6.54. The van der Waals surface area contributed by atoms with Gasteiger partial charge in [-0.1, -0.05) is 31.9 Å². The lowest BCUT2D eigenvalue weighted by molar-refractivity contribution is 0.342. The van der Waals surface area contributed by atoms with Crippen LogP contribution in [0.15, 0.2) is 18.2 Å². The molecule has 3 heteroatoms. The molecule has 2 rings (SSSR count). The van der Waals surface area contributed by atoms with E-state index in [9.17, 15) is 4.39 Å². The Morgan fingerprint density at radius 1 is 1.33 bits per heavy atom. The molecule has 1 aromatic carbocycles. The van der Waals surface area contributed by atoms with Crippen LogP contribution in [0.2, 0.25) is 0 Å². The molecule has 2 atom stereocenters. The van der Waals surface area contributed by atoms with Gasteiger partial charge in [-0.25, -0.2) is 4.39 Å². The zero-order valence-electron chi connectivity index (χ0n) is 11.2. The standard InChI is InChI=1S/C15H22FNO/c1-11-5-4-9-15(17,10-8-11)12-6-3-7-13(18-2)14(12)16/h3,6-7,11H,4-5,8-10,17H2,1-2H3. The van der Waals surface area contributed by atoms with Crippen molar-refractivity contribution in [3.8, 4) is 5.75 Å². The first-order valence-corrected chi connectivity index (χ1v) is 6.69. The van der Waals surface area contributed by atoms with Gasteiger partial charge in [0, 0.05) is 11.1 Å². The quantitative estimate of drug-likeness (QED) is 0.815. The number of hydrogen-bond acceptors (Lipinski definition) is 2. The zero-order valence-corrected chi connectivity index (χ0v) is 11.2. The molecular weight excluding hydrogens is 229 g/mol. The van der Waals surface area contributed by atoms with E-state index >= 15 is 0 Å². The fourth-order valence-electron chi connectivity index (χ4n) is 2.86. The van der Waals surface area contributed by atoms with Crippen molar-refractivity contribution in [1.29, 1.82) is 0 Å². The smallest absolute Gasteiger partial charge is 0.170 e. The Morgan fingerprint density at radius 3 is 2.83 bits per heavy atom. The first kappa shape index (κ1) is 13.3. The monoisotopic (exact) mass is 251 g/mol. The molecule has 1 aromatic rings. The van der Waals surface area contributed by atoms with Crippen molar-refractivity contribution in [2.24, 2.45) is 11.7 Å². The molecule has 0 radical (unpaired) electrons. The largest absolute Gasteiger partial charge is 0.494 e. The van der Waals surface area contributed by atoms with E-state index in [2.05, 4.69) is 6.92 Å². The molecule has 0 aliphatic heterocycles. The van der Waals surface area contributed by atoms with E-state index in [4.69, 9.17) is 10.5 Å². The molecule has 0 aromatic heterocycles. The van der Waals surface area contributed by atoms with Gasteiger partial charge < -0.3 is 10.5 Å². The van der Waals surface area contributed by atoms with Crippen molar-refractivity contribution in [3.63, 3.8) is 0 Å². The molecule has 1 fully saturated rings. The van der Waals surface area contributed by atoms with E-state index in [0.29, 0.717) is 11.5 Å². The molecule has 0 bridgehead atoms. The molecule has 1 aliphatic rings. The Bertz CT molecular complexity index is 421.